The maximum absolute atomic E-state index is 13.0. The maximum Gasteiger partial charge on any atom is 0.273 e. The van der Waals surface area contributed by atoms with Gasteiger partial charge in [-0.1, -0.05) is 56.0 Å². The molecule has 0 radical (unpaired) electrons. The lowest BCUT2D eigenvalue weighted by molar-refractivity contribution is 0.0820. The predicted octanol–water partition coefficient (Wildman–Crippen LogP) is 4.36. The van der Waals surface area contributed by atoms with Gasteiger partial charge >= 0.3 is 0 Å². The van der Waals surface area contributed by atoms with Gasteiger partial charge in [0.15, 0.2) is 0 Å². The third-order valence-electron chi connectivity index (χ3n) is 7.46. The summed E-state index contributed by atoms with van der Waals surface area (Å²) in [6.45, 7) is 0.959. The molecule has 2 fully saturated rings. The van der Waals surface area contributed by atoms with Crippen molar-refractivity contribution in [1.82, 2.24) is 19.4 Å². The Morgan fingerprint density at radius 1 is 0.933 bits per heavy atom. The second-order valence-electron chi connectivity index (χ2n) is 9.59. The largest absolute Gasteiger partial charge is 0.343 e. The van der Waals surface area contributed by atoms with Gasteiger partial charge in [0.1, 0.15) is 11.5 Å². The first kappa shape index (κ1) is 19.8. The van der Waals surface area contributed by atoms with Crippen molar-refractivity contribution in [1.29, 1.82) is 0 Å². The van der Waals surface area contributed by atoms with Crippen molar-refractivity contribution in [3.05, 3.63) is 41.7 Å². The van der Waals surface area contributed by atoms with Gasteiger partial charge in [0, 0.05) is 50.7 Å². The van der Waals surface area contributed by atoms with Crippen molar-refractivity contribution in [3.8, 4) is 11.4 Å². The summed E-state index contributed by atoms with van der Waals surface area (Å²) in [5.74, 6) is 0.990. The van der Waals surface area contributed by atoms with E-state index < -0.39 is 0 Å². The molecule has 1 aliphatic carbocycles. The minimum Gasteiger partial charge on any atom is -0.343 e. The van der Waals surface area contributed by atoms with Gasteiger partial charge in [-0.15, -0.1) is 0 Å². The molecule has 30 heavy (non-hydrogen) atoms. The number of carbonyl (C=O) groups excluding carboxylic acids is 1. The molecule has 160 valence electrons. The normalized spacial score (nSPS) is 24.9. The molecule has 5 heteroatoms. The lowest BCUT2D eigenvalue weighted by Crippen LogP contribution is -2.44. The summed E-state index contributed by atoms with van der Waals surface area (Å²) in [6, 6.07) is 12.2. The van der Waals surface area contributed by atoms with E-state index in [1.807, 2.05) is 20.2 Å². The van der Waals surface area contributed by atoms with E-state index in [1.54, 1.807) is 4.90 Å². The number of rotatable bonds is 3. The molecule has 0 spiro atoms. The number of nitrogens with zero attached hydrogens (tertiary/aromatic N) is 4. The highest BCUT2D eigenvalue weighted by Crippen LogP contribution is 2.39. The van der Waals surface area contributed by atoms with E-state index in [-0.39, 0.29) is 5.91 Å². The fraction of sp³-hybridized carbons (Fsp3) is 0.600. The molecule has 0 unspecified atom stereocenters. The Hall–Kier alpha value is -2.14. The third kappa shape index (κ3) is 3.47. The van der Waals surface area contributed by atoms with Crippen LogP contribution >= 0.6 is 0 Å². The standard InChI is InChI=1S/C25H34N4O/c1-27(2)25(30)23-22-16-20-14-15-21(29(20)19-12-8-3-4-9-13-19)17-28(22)24(26-23)18-10-6-5-7-11-18/h5-7,10-11,19-21H,3-4,8-9,12-17H2,1-2H3/t20-,21+/m0/s1. The summed E-state index contributed by atoms with van der Waals surface area (Å²) in [5.41, 5.74) is 2.92. The van der Waals surface area contributed by atoms with Crippen molar-refractivity contribution in [2.24, 2.45) is 0 Å². The van der Waals surface area contributed by atoms with Crippen molar-refractivity contribution >= 4 is 5.91 Å². The molecule has 2 aromatic rings. The van der Waals surface area contributed by atoms with E-state index >= 15 is 0 Å². The molecular formula is C25H34N4O. The van der Waals surface area contributed by atoms with Crippen molar-refractivity contribution < 1.29 is 4.79 Å². The zero-order valence-electron chi connectivity index (χ0n) is 18.4. The van der Waals surface area contributed by atoms with Crippen LogP contribution in [0.15, 0.2) is 30.3 Å². The monoisotopic (exact) mass is 406 g/mol. The van der Waals surface area contributed by atoms with Crippen LogP contribution in [0, 0.1) is 0 Å². The third-order valence-corrected chi connectivity index (χ3v) is 7.46. The van der Waals surface area contributed by atoms with Crippen LogP contribution in [0.5, 0.6) is 0 Å². The van der Waals surface area contributed by atoms with Crippen molar-refractivity contribution in [2.45, 2.75) is 82.5 Å². The summed E-state index contributed by atoms with van der Waals surface area (Å²) in [4.78, 5) is 22.5. The number of amides is 1. The number of aromatic nitrogens is 2. The minimum absolute atomic E-state index is 0.0275. The first-order valence-corrected chi connectivity index (χ1v) is 11.8. The molecule has 1 aromatic heterocycles. The second-order valence-corrected chi connectivity index (χ2v) is 9.59. The Balaban J connectivity index is 1.56. The van der Waals surface area contributed by atoms with Gasteiger partial charge in [-0.25, -0.2) is 4.98 Å². The predicted molar refractivity (Wildman–Crippen MR) is 120 cm³/mol. The molecular weight excluding hydrogens is 372 g/mol. The Labute approximate surface area is 180 Å². The highest BCUT2D eigenvalue weighted by Gasteiger charge is 2.42. The minimum atomic E-state index is 0.0275. The molecule has 1 aromatic carbocycles. The fourth-order valence-electron chi connectivity index (χ4n) is 6.04. The summed E-state index contributed by atoms with van der Waals surface area (Å²) >= 11 is 0. The highest BCUT2D eigenvalue weighted by molar-refractivity contribution is 5.94. The average molecular weight is 407 g/mol. The molecule has 0 N–H and O–H groups in total. The van der Waals surface area contributed by atoms with E-state index in [1.165, 1.54) is 51.4 Å². The summed E-state index contributed by atoms with van der Waals surface area (Å²) < 4.78 is 2.39. The van der Waals surface area contributed by atoms with Gasteiger partial charge in [0.2, 0.25) is 0 Å². The topological polar surface area (TPSA) is 41.4 Å². The second kappa shape index (κ2) is 8.18. The molecule has 1 saturated heterocycles. The Kier molecular flexibility index (Phi) is 5.40. The van der Waals surface area contributed by atoms with Gasteiger partial charge in [0.25, 0.3) is 5.91 Å². The van der Waals surface area contributed by atoms with Gasteiger partial charge in [0.05, 0.1) is 5.69 Å². The Bertz CT molecular complexity index is 895. The van der Waals surface area contributed by atoms with Crippen LogP contribution < -0.4 is 0 Å². The Morgan fingerprint density at radius 3 is 2.33 bits per heavy atom. The smallest absolute Gasteiger partial charge is 0.273 e. The summed E-state index contributed by atoms with van der Waals surface area (Å²) in [7, 11) is 3.66. The van der Waals surface area contributed by atoms with Gasteiger partial charge in [-0.05, 0) is 25.7 Å². The zero-order chi connectivity index (χ0) is 20.7. The fourth-order valence-corrected chi connectivity index (χ4v) is 6.04. The van der Waals surface area contributed by atoms with E-state index in [0.29, 0.717) is 17.8 Å². The van der Waals surface area contributed by atoms with Crippen LogP contribution in [0.3, 0.4) is 0 Å². The molecule has 1 amide bonds. The molecule has 3 aliphatic rings. The molecule has 2 bridgehead atoms. The molecule has 1 saturated carbocycles. The van der Waals surface area contributed by atoms with E-state index in [0.717, 1.165) is 36.1 Å². The molecule has 3 heterocycles. The van der Waals surface area contributed by atoms with Crippen molar-refractivity contribution in [2.75, 3.05) is 14.1 Å². The lowest BCUT2D eigenvalue weighted by Gasteiger charge is -2.35. The zero-order valence-corrected chi connectivity index (χ0v) is 18.4. The Morgan fingerprint density at radius 2 is 1.63 bits per heavy atom. The first-order valence-electron chi connectivity index (χ1n) is 11.8. The SMILES string of the molecule is CN(C)C(=O)c1nc(-c2ccccc2)n2c1C[C@@H]1CC[C@H](C2)N1C1CCCCCC1. The number of carbonyl (C=O) groups is 1. The van der Waals surface area contributed by atoms with Gasteiger partial charge < -0.3 is 9.47 Å². The van der Waals surface area contributed by atoms with E-state index in [2.05, 4.69) is 33.7 Å². The van der Waals surface area contributed by atoms with Crippen LogP contribution in [0.4, 0.5) is 0 Å². The first-order chi connectivity index (χ1) is 14.6. The van der Waals surface area contributed by atoms with E-state index in [4.69, 9.17) is 4.98 Å². The highest BCUT2D eigenvalue weighted by atomic mass is 16.2. The maximum atomic E-state index is 13.0. The lowest BCUT2D eigenvalue weighted by atomic mass is 10.0. The van der Waals surface area contributed by atoms with Crippen LogP contribution in [0.2, 0.25) is 0 Å². The summed E-state index contributed by atoms with van der Waals surface area (Å²) in [6.07, 6.45) is 11.7. The van der Waals surface area contributed by atoms with E-state index in [9.17, 15) is 4.79 Å². The molecule has 5 rings (SSSR count). The van der Waals surface area contributed by atoms with Crippen LogP contribution in [0.25, 0.3) is 11.4 Å². The van der Waals surface area contributed by atoms with Gasteiger partial charge in [-0.2, -0.15) is 0 Å². The number of benzene rings is 1. The number of imidazole rings is 1. The van der Waals surface area contributed by atoms with Crippen LogP contribution in [-0.4, -0.2) is 57.5 Å². The average Bonchev–Trinajstić information content (AvgIpc) is 3.10. The molecule has 2 aliphatic heterocycles. The van der Waals surface area contributed by atoms with Crippen LogP contribution in [0.1, 0.15) is 67.5 Å². The van der Waals surface area contributed by atoms with Crippen molar-refractivity contribution in [3.63, 3.8) is 0 Å². The molecule has 5 nitrogen and oxygen atoms in total. The number of hydrogen-bond acceptors (Lipinski definition) is 3. The van der Waals surface area contributed by atoms with Gasteiger partial charge in [-0.3, -0.25) is 9.69 Å². The quantitative estimate of drug-likeness (QED) is 0.711. The summed E-state index contributed by atoms with van der Waals surface area (Å²) in [5, 5.41) is 0. The van der Waals surface area contributed by atoms with Crippen LogP contribution in [-0.2, 0) is 13.0 Å². The number of fused-ring (bicyclic) bond motifs is 3. The molecule has 2 atom stereocenters. The number of hydrogen-bond donors (Lipinski definition) is 0.